The normalized spacial score (nSPS) is 11.8. The molecule has 2 rings (SSSR count). The third-order valence-electron chi connectivity index (χ3n) is 3.64. The lowest BCUT2D eigenvalue weighted by molar-refractivity contribution is 0.169. The Kier molecular flexibility index (Phi) is 5.70. The molecule has 24 heavy (non-hydrogen) atoms. The summed E-state index contributed by atoms with van der Waals surface area (Å²) in [5.74, 6) is -0.533. The number of hydrogen-bond acceptors (Lipinski definition) is 3. The van der Waals surface area contributed by atoms with Crippen LogP contribution < -0.4 is 16.2 Å². The van der Waals surface area contributed by atoms with Crippen molar-refractivity contribution in [1.82, 2.24) is 15.6 Å². The van der Waals surface area contributed by atoms with Gasteiger partial charge in [0.15, 0.2) is 0 Å². The third-order valence-corrected chi connectivity index (χ3v) is 3.64. The molecule has 0 spiro atoms. The monoisotopic (exact) mass is 333 g/mol. The number of amides is 2. The molecule has 0 saturated heterocycles. The topological polar surface area (TPSA) is 94.2 Å². The van der Waals surface area contributed by atoms with Gasteiger partial charge in [-0.3, -0.25) is 4.79 Å². The summed E-state index contributed by atoms with van der Waals surface area (Å²) in [6.45, 7) is 3.49. The van der Waals surface area contributed by atoms with E-state index in [0.29, 0.717) is 5.56 Å². The Bertz CT molecular complexity index is 789. The van der Waals surface area contributed by atoms with Gasteiger partial charge in [-0.25, -0.2) is 9.18 Å². The first-order valence-corrected chi connectivity index (χ1v) is 7.52. The van der Waals surface area contributed by atoms with Crippen molar-refractivity contribution in [2.45, 2.75) is 26.5 Å². The summed E-state index contributed by atoms with van der Waals surface area (Å²) in [7, 11) is 0. The maximum atomic E-state index is 13.5. The molecular weight excluding hydrogens is 313 g/mol. The molecule has 1 atom stereocenters. The number of aryl methyl sites for hydroxylation is 2. The van der Waals surface area contributed by atoms with Crippen molar-refractivity contribution in [1.29, 1.82) is 0 Å². The molecule has 128 valence electrons. The van der Waals surface area contributed by atoms with E-state index in [-0.39, 0.29) is 24.2 Å². The number of carbonyl (C=O) groups is 1. The number of aromatic amines is 1. The van der Waals surface area contributed by atoms with Crippen LogP contribution in [0.15, 0.2) is 35.1 Å². The second kappa shape index (κ2) is 7.74. The minimum atomic E-state index is -1.15. The number of carbonyl (C=O) groups excluding carboxylic acids is 1. The SMILES string of the molecule is Cc1cc(C)c(CNC(=O)NC[C@@H](O)c2ccccc2F)c(=O)[nH]1. The van der Waals surface area contributed by atoms with Crippen LogP contribution in [-0.2, 0) is 6.54 Å². The molecule has 0 radical (unpaired) electrons. The van der Waals surface area contributed by atoms with Crippen molar-refractivity contribution in [2.75, 3.05) is 6.54 Å². The summed E-state index contributed by atoms with van der Waals surface area (Å²) >= 11 is 0. The molecule has 0 aliphatic heterocycles. The predicted octanol–water partition coefficient (Wildman–Crippen LogP) is 1.66. The second-order valence-electron chi connectivity index (χ2n) is 5.54. The molecule has 0 unspecified atom stereocenters. The third kappa shape index (κ3) is 4.42. The van der Waals surface area contributed by atoms with Crippen LogP contribution in [0.2, 0.25) is 0 Å². The molecule has 0 fully saturated rings. The van der Waals surface area contributed by atoms with Crippen molar-refractivity contribution >= 4 is 6.03 Å². The molecule has 0 saturated carbocycles. The number of H-pyrrole nitrogens is 1. The van der Waals surface area contributed by atoms with E-state index in [0.717, 1.165) is 11.3 Å². The van der Waals surface area contributed by atoms with Gasteiger partial charge in [0.25, 0.3) is 5.56 Å². The van der Waals surface area contributed by atoms with Gasteiger partial charge >= 0.3 is 6.03 Å². The Hall–Kier alpha value is -2.67. The van der Waals surface area contributed by atoms with Gasteiger partial charge in [0.2, 0.25) is 0 Å². The maximum Gasteiger partial charge on any atom is 0.315 e. The van der Waals surface area contributed by atoms with Gasteiger partial charge in [0.1, 0.15) is 5.82 Å². The molecule has 0 bridgehead atoms. The van der Waals surface area contributed by atoms with Gasteiger partial charge < -0.3 is 20.7 Å². The number of rotatable bonds is 5. The van der Waals surface area contributed by atoms with Gasteiger partial charge in [0.05, 0.1) is 12.6 Å². The molecule has 2 amide bonds. The number of pyridine rings is 1. The van der Waals surface area contributed by atoms with E-state index < -0.39 is 18.0 Å². The van der Waals surface area contributed by atoms with Crippen molar-refractivity contribution in [3.05, 3.63) is 68.9 Å². The van der Waals surface area contributed by atoms with Gasteiger partial charge in [-0.05, 0) is 31.5 Å². The lowest BCUT2D eigenvalue weighted by atomic mass is 10.1. The molecule has 6 nitrogen and oxygen atoms in total. The number of aromatic nitrogens is 1. The highest BCUT2D eigenvalue weighted by Gasteiger charge is 2.13. The number of urea groups is 1. The summed E-state index contributed by atoms with van der Waals surface area (Å²) < 4.78 is 13.5. The number of hydrogen-bond donors (Lipinski definition) is 4. The highest BCUT2D eigenvalue weighted by atomic mass is 19.1. The van der Waals surface area contributed by atoms with E-state index in [1.807, 2.05) is 6.07 Å². The number of aliphatic hydroxyl groups excluding tert-OH is 1. The number of aliphatic hydroxyl groups is 1. The van der Waals surface area contributed by atoms with Gasteiger partial charge in [-0.1, -0.05) is 18.2 Å². The van der Waals surface area contributed by atoms with Crippen molar-refractivity contribution < 1.29 is 14.3 Å². The first-order valence-electron chi connectivity index (χ1n) is 7.52. The molecule has 7 heteroatoms. The van der Waals surface area contributed by atoms with E-state index >= 15 is 0 Å². The zero-order valence-electron chi connectivity index (χ0n) is 13.5. The fraction of sp³-hybridized carbons (Fsp3) is 0.294. The summed E-state index contributed by atoms with van der Waals surface area (Å²) in [6, 6.07) is 7.09. The number of benzene rings is 1. The van der Waals surface area contributed by atoms with Crippen molar-refractivity contribution in [2.24, 2.45) is 0 Å². The Morgan fingerprint density at radius 2 is 2.00 bits per heavy atom. The zero-order chi connectivity index (χ0) is 17.7. The second-order valence-corrected chi connectivity index (χ2v) is 5.54. The first kappa shape index (κ1) is 17.7. The van der Waals surface area contributed by atoms with Crippen LogP contribution in [0.5, 0.6) is 0 Å². The molecule has 2 aromatic rings. The van der Waals surface area contributed by atoms with Crippen LogP contribution >= 0.6 is 0 Å². The molecular formula is C17H20FN3O3. The quantitative estimate of drug-likeness (QED) is 0.670. The fourth-order valence-electron chi connectivity index (χ4n) is 2.38. The smallest absolute Gasteiger partial charge is 0.315 e. The zero-order valence-corrected chi connectivity index (χ0v) is 13.5. The minimum absolute atomic E-state index is 0.0586. The molecule has 0 aliphatic carbocycles. The van der Waals surface area contributed by atoms with Gasteiger partial charge in [-0.15, -0.1) is 0 Å². The molecule has 0 aliphatic rings. The highest BCUT2D eigenvalue weighted by Crippen LogP contribution is 2.15. The van der Waals surface area contributed by atoms with E-state index in [4.69, 9.17) is 0 Å². The van der Waals surface area contributed by atoms with Crippen LogP contribution in [0.1, 0.15) is 28.5 Å². The molecule has 4 N–H and O–H groups in total. The number of halogens is 1. The van der Waals surface area contributed by atoms with Crippen LogP contribution in [0, 0.1) is 19.7 Å². The fourth-order valence-corrected chi connectivity index (χ4v) is 2.38. The minimum Gasteiger partial charge on any atom is -0.386 e. The van der Waals surface area contributed by atoms with E-state index in [2.05, 4.69) is 15.6 Å². The summed E-state index contributed by atoms with van der Waals surface area (Å²) in [6.07, 6.45) is -1.15. The lowest BCUT2D eigenvalue weighted by Gasteiger charge is -2.14. The summed E-state index contributed by atoms with van der Waals surface area (Å²) in [4.78, 5) is 26.3. The predicted molar refractivity (Wildman–Crippen MR) is 88.1 cm³/mol. The first-order chi connectivity index (χ1) is 11.4. The average Bonchev–Trinajstić information content (AvgIpc) is 2.52. The van der Waals surface area contributed by atoms with E-state index in [9.17, 15) is 19.1 Å². The van der Waals surface area contributed by atoms with Crippen molar-refractivity contribution in [3.63, 3.8) is 0 Å². The standard InChI is InChI=1S/C17H20FN3O3/c1-10-7-11(2)21-16(23)13(10)8-19-17(24)20-9-15(22)12-5-3-4-6-14(12)18/h3-7,15,22H,8-9H2,1-2H3,(H,21,23)(H2,19,20,24)/t15-/m1/s1. The van der Waals surface area contributed by atoms with Crippen LogP contribution in [0.25, 0.3) is 0 Å². The van der Waals surface area contributed by atoms with Crippen LogP contribution in [0.3, 0.4) is 0 Å². The van der Waals surface area contributed by atoms with Gasteiger partial charge in [-0.2, -0.15) is 0 Å². The molecule has 1 aromatic heterocycles. The highest BCUT2D eigenvalue weighted by molar-refractivity contribution is 5.73. The van der Waals surface area contributed by atoms with E-state index in [1.54, 1.807) is 19.9 Å². The Labute approximate surface area is 138 Å². The Morgan fingerprint density at radius 1 is 1.29 bits per heavy atom. The number of nitrogens with one attached hydrogen (secondary N) is 3. The molecule has 1 aromatic carbocycles. The molecule has 1 heterocycles. The Morgan fingerprint density at radius 3 is 2.67 bits per heavy atom. The summed E-state index contributed by atoms with van der Waals surface area (Å²) in [5, 5.41) is 14.9. The van der Waals surface area contributed by atoms with Crippen LogP contribution in [0.4, 0.5) is 9.18 Å². The Balaban J connectivity index is 1.88. The van der Waals surface area contributed by atoms with Crippen molar-refractivity contribution in [3.8, 4) is 0 Å². The summed E-state index contributed by atoms with van der Waals surface area (Å²) in [5.41, 5.74) is 1.86. The average molecular weight is 333 g/mol. The van der Waals surface area contributed by atoms with E-state index in [1.165, 1.54) is 18.2 Å². The lowest BCUT2D eigenvalue weighted by Crippen LogP contribution is -2.38. The van der Waals surface area contributed by atoms with Gasteiger partial charge in [0, 0.05) is 23.4 Å². The largest absolute Gasteiger partial charge is 0.386 e. The maximum absolute atomic E-state index is 13.5. The van der Waals surface area contributed by atoms with Crippen LogP contribution in [-0.4, -0.2) is 22.7 Å².